The quantitative estimate of drug-likeness (QED) is 0.416. The minimum Gasteiger partial charge on any atom is -0.507 e. The predicted molar refractivity (Wildman–Crippen MR) is 107 cm³/mol. The first-order valence-corrected chi connectivity index (χ1v) is 9.01. The van der Waals surface area contributed by atoms with Crippen molar-refractivity contribution in [1.29, 1.82) is 0 Å². The summed E-state index contributed by atoms with van der Waals surface area (Å²) >= 11 is 0. The van der Waals surface area contributed by atoms with Gasteiger partial charge < -0.3 is 5.11 Å². The van der Waals surface area contributed by atoms with E-state index in [9.17, 15) is 19.1 Å². The fourth-order valence-corrected chi connectivity index (χ4v) is 3.45. The van der Waals surface area contributed by atoms with E-state index in [1.807, 2.05) is 6.92 Å². The van der Waals surface area contributed by atoms with Crippen LogP contribution in [0.25, 0.3) is 5.76 Å². The number of nitrogens with zero attached hydrogens (tertiary/aromatic N) is 2. The maximum atomic E-state index is 14.7. The van der Waals surface area contributed by atoms with Crippen LogP contribution >= 0.6 is 0 Å². The number of hydrogen-bond donors (Lipinski definition) is 1. The van der Waals surface area contributed by atoms with Crippen molar-refractivity contribution in [3.63, 3.8) is 0 Å². The van der Waals surface area contributed by atoms with Gasteiger partial charge in [0, 0.05) is 17.3 Å². The second-order valence-electron chi connectivity index (χ2n) is 6.77. The Morgan fingerprint density at radius 1 is 1.03 bits per heavy atom. The van der Waals surface area contributed by atoms with Gasteiger partial charge in [-0.3, -0.25) is 19.5 Å². The number of halogens is 1. The molecular weight excluding hydrogens is 371 g/mol. The molecule has 1 atom stereocenters. The van der Waals surface area contributed by atoms with Crippen LogP contribution in [0, 0.1) is 12.7 Å². The highest BCUT2D eigenvalue weighted by Gasteiger charge is 2.47. The van der Waals surface area contributed by atoms with Crippen LogP contribution in [-0.2, 0) is 9.59 Å². The molecule has 1 N–H and O–H groups in total. The molecule has 1 fully saturated rings. The first-order valence-electron chi connectivity index (χ1n) is 9.01. The summed E-state index contributed by atoms with van der Waals surface area (Å²) < 4.78 is 14.7. The summed E-state index contributed by atoms with van der Waals surface area (Å²) in [4.78, 5) is 31.0. The van der Waals surface area contributed by atoms with Crippen LogP contribution in [0.4, 0.5) is 10.1 Å². The summed E-state index contributed by atoms with van der Waals surface area (Å²) in [6.07, 6.45) is 2.95. The van der Waals surface area contributed by atoms with E-state index in [-0.39, 0.29) is 16.9 Å². The van der Waals surface area contributed by atoms with Gasteiger partial charge in [-0.25, -0.2) is 4.39 Å². The van der Waals surface area contributed by atoms with Crippen LogP contribution in [0.2, 0.25) is 0 Å². The van der Waals surface area contributed by atoms with Crippen molar-refractivity contribution in [1.82, 2.24) is 4.98 Å². The molecule has 1 saturated heterocycles. The summed E-state index contributed by atoms with van der Waals surface area (Å²) in [5.41, 5.74) is 1.65. The summed E-state index contributed by atoms with van der Waals surface area (Å²) in [5, 5.41) is 10.9. The molecule has 0 saturated carbocycles. The largest absolute Gasteiger partial charge is 0.507 e. The number of anilines is 1. The SMILES string of the molecule is Cc1ccc(C(O)=C2C(=O)C(=O)N(c3cccnc3)[C@@H]2c2ccccc2F)cc1. The number of aliphatic hydroxyl groups is 1. The van der Waals surface area contributed by atoms with E-state index in [1.54, 1.807) is 42.5 Å². The van der Waals surface area contributed by atoms with Crippen LogP contribution in [0.3, 0.4) is 0 Å². The number of pyridine rings is 1. The summed E-state index contributed by atoms with van der Waals surface area (Å²) in [6, 6.07) is 14.9. The fraction of sp³-hybridized carbons (Fsp3) is 0.0870. The number of carbonyl (C=O) groups is 2. The van der Waals surface area contributed by atoms with E-state index >= 15 is 0 Å². The zero-order valence-electron chi connectivity index (χ0n) is 15.5. The summed E-state index contributed by atoms with van der Waals surface area (Å²) in [5.74, 6) is -2.65. The van der Waals surface area contributed by atoms with Crippen LogP contribution in [0.15, 0.2) is 78.6 Å². The number of amides is 1. The van der Waals surface area contributed by atoms with Gasteiger partial charge in [0.1, 0.15) is 11.6 Å². The molecule has 0 spiro atoms. The van der Waals surface area contributed by atoms with Gasteiger partial charge in [0.05, 0.1) is 23.5 Å². The molecule has 0 aliphatic carbocycles. The zero-order valence-corrected chi connectivity index (χ0v) is 15.5. The Morgan fingerprint density at radius 3 is 2.41 bits per heavy atom. The third kappa shape index (κ3) is 3.18. The van der Waals surface area contributed by atoms with Crippen LogP contribution in [-0.4, -0.2) is 21.8 Å². The van der Waals surface area contributed by atoms with Crippen LogP contribution < -0.4 is 4.90 Å². The van der Waals surface area contributed by atoms with E-state index < -0.39 is 23.5 Å². The Kier molecular flexibility index (Phi) is 4.68. The fourth-order valence-electron chi connectivity index (χ4n) is 3.45. The molecule has 144 valence electrons. The van der Waals surface area contributed by atoms with Gasteiger partial charge in [0.15, 0.2) is 0 Å². The molecule has 1 aliphatic heterocycles. The highest BCUT2D eigenvalue weighted by atomic mass is 19.1. The first kappa shape index (κ1) is 18.6. The number of ketones is 1. The first-order chi connectivity index (χ1) is 14.0. The number of benzene rings is 2. The Morgan fingerprint density at radius 2 is 1.76 bits per heavy atom. The molecule has 29 heavy (non-hydrogen) atoms. The van der Waals surface area contributed by atoms with E-state index in [0.717, 1.165) is 5.56 Å². The van der Waals surface area contributed by atoms with Crippen molar-refractivity contribution >= 4 is 23.1 Å². The lowest BCUT2D eigenvalue weighted by Gasteiger charge is -2.25. The summed E-state index contributed by atoms with van der Waals surface area (Å²) in [6.45, 7) is 1.89. The minimum absolute atomic E-state index is 0.115. The third-order valence-electron chi connectivity index (χ3n) is 4.89. The van der Waals surface area contributed by atoms with Crippen LogP contribution in [0.1, 0.15) is 22.7 Å². The van der Waals surface area contributed by atoms with Crippen molar-refractivity contribution in [2.75, 3.05) is 4.90 Å². The average molecular weight is 388 g/mol. The van der Waals surface area contributed by atoms with Gasteiger partial charge in [-0.15, -0.1) is 0 Å². The highest BCUT2D eigenvalue weighted by molar-refractivity contribution is 6.51. The zero-order chi connectivity index (χ0) is 20.5. The van der Waals surface area contributed by atoms with Crippen molar-refractivity contribution in [2.24, 2.45) is 0 Å². The number of carbonyl (C=O) groups excluding carboxylic acids is 2. The van der Waals surface area contributed by atoms with E-state index in [2.05, 4.69) is 4.98 Å². The lowest BCUT2D eigenvalue weighted by molar-refractivity contribution is -0.132. The van der Waals surface area contributed by atoms with Crippen LogP contribution in [0.5, 0.6) is 0 Å². The maximum Gasteiger partial charge on any atom is 0.300 e. The van der Waals surface area contributed by atoms with Gasteiger partial charge in [-0.05, 0) is 25.1 Å². The van der Waals surface area contributed by atoms with E-state index in [1.165, 1.54) is 35.5 Å². The van der Waals surface area contributed by atoms with Gasteiger partial charge in [-0.2, -0.15) is 0 Å². The maximum absolute atomic E-state index is 14.7. The highest BCUT2D eigenvalue weighted by Crippen LogP contribution is 2.42. The number of aromatic nitrogens is 1. The Labute approximate surface area is 166 Å². The number of aliphatic hydroxyl groups excluding tert-OH is 1. The summed E-state index contributed by atoms with van der Waals surface area (Å²) in [7, 11) is 0. The Balaban J connectivity index is 1.97. The van der Waals surface area contributed by atoms with E-state index in [4.69, 9.17) is 0 Å². The number of rotatable bonds is 3. The van der Waals surface area contributed by atoms with Crippen molar-refractivity contribution in [3.8, 4) is 0 Å². The molecule has 0 radical (unpaired) electrons. The van der Waals surface area contributed by atoms with Gasteiger partial charge >= 0.3 is 0 Å². The Bertz CT molecular complexity index is 1120. The average Bonchev–Trinajstić information content (AvgIpc) is 3.00. The smallest absolute Gasteiger partial charge is 0.300 e. The van der Waals surface area contributed by atoms with Gasteiger partial charge in [0.2, 0.25) is 0 Å². The number of hydrogen-bond acceptors (Lipinski definition) is 4. The molecule has 4 rings (SSSR count). The lowest BCUT2D eigenvalue weighted by atomic mass is 9.94. The van der Waals surface area contributed by atoms with Crippen molar-refractivity contribution in [3.05, 3.63) is 101 Å². The van der Waals surface area contributed by atoms with Crippen molar-refractivity contribution < 1.29 is 19.1 Å². The standard InChI is InChI=1S/C23H17FN2O3/c1-14-8-10-15(11-9-14)21(27)19-20(17-6-2-3-7-18(17)24)26(23(29)22(19)28)16-5-4-12-25-13-16/h2-13,20,27H,1H3/t20-/m1/s1. The molecule has 1 aromatic heterocycles. The molecule has 6 heteroatoms. The second-order valence-corrected chi connectivity index (χ2v) is 6.77. The second kappa shape index (κ2) is 7.31. The van der Waals surface area contributed by atoms with E-state index in [0.29, 0.717) is 11.3 Å². The van der Waals surface area contributed by atoms with Crippen molar-refractivity contribution in [2.45, 2.75) is 13.0 Å². The molecule has 2 heterocycles. The topological polar surface area (TPSA) is 70.5 Å². The molecular formula is C23H17FN2O3. The minimum atomic E-state index is -1.11. The van der Waals surface area contributed by atoms with Gasteiger partial charge in [-0.1, -0.05) is 48.0 Å². The monoisotopic (exact) mass is 388 g/mol. The Hall–Kier alpha value is -3.80. The molecule has 0 unspecified atom stereocenters. The molecule has 5 nitrogen and oxygen atoms in total. The lowest BCUT2D eigenvalue weighted by Crippen LogP contribution is -2.29. The predicted octanol–water partition coefficient (Wildman–Crippen LogP) is 4.16. The third-order valence-corrected chi connectivity index (χ3v) is 4.89. The molecule has 0 bridgehead atoms. The molecule has 2 aromatic carbocycles. The number of Topliss-reactive ketones (excluding diaryl/α,β-unsaturated/α-hetero) is 1. The molecule has 1 aliphatic rings. The number of aryl methyl sites for hydroxylation is 1. The molecule has 1 amide bonds. The van der Waals surface area contributed by atoms with Gasteiger partial charge in [0.25, 0.3) is 11.7 Å². The normalized spacial score (nSPS) is 18.3. The molecule has 3 aromatic rings.